The van der Waals surface area contributed by atoms with Gasteiger partial charge in [-0.15, -0.1) is 0 Å². The van der Waals surface area contributed by atoms with Gasteiger partial charge in [-0.2, -0.15) is 0 Å². The Morgan fingerprint density at radius 2 is 1.90 bits per heavy atom. The lowest BCUT2D eigenvalue weighted by molar-refractivity contribution is 0.100. The summed E-state index contributed by atoms with van der Waals surface area (Å²) < 4.78 is 34.5. The minimum Gasteiger partial charge on any atom is -0.493 e. The molecular formula is C19H26N4O5S. The Labute approximate surface area is 171 Å². The van der Waals surface area contributed by atoms with Gasteiger partial charge in [0.2, 0.25) is 10.9 Å². The first-order chi connectivity index (χ1) is 13.9. The van der Waals surface area contributed by atoms with Crippen LogP contribution in [0.15, 0.2) is 18.3 Å². The number of carbonyl (C=O) groups excluding carboxylic acids is 1. The second-order valence-corrected chi connectivity index (χ2v) is 7.82. The molecule has 3 rings (SSSR count). The molecule has 1 aromatic heterocycles. The average molecular weight is 423 g/mol. The molecule has 3 N–H and O–H groups in total. The highest BCUT2D eigenvalue weighted by molar-refractivity contribution is 7.70. The molecule has 29 heavy (non-hydrogen) atoms. The molecule has 9 nitrogen and oxygen atoms in total. The van der Waals surface area contributed by atoms with Crippen LogP contribution in [0.2, 0.25) is 0 Å². The number of aromatic nitrogens is 1. The number of rotatable bonds is 8. The number of methoxy groups -OCH3 is 2. The molecule has 10 heteroatoms. The van der Waals surface area contributed by atoms with Crippen molar-refractivity contribution in [3.05, 3.63) is 23.9 Å². The number of nitrogens with two attached hydrogens (primary N) is 1. The van der Waals surface area contributed by atoms with E-state index in [4.69, 9.17) is 15.2 Å². The second kappa shape index (κ2) is 9.27. The standard InChI is InChI=1S/C19H26N4O5S/c1-27-16-9-13-15(10-17(16)28-2)21-11-14(19(20)24)18(13)23-7-4-12(5-8-23)3-6-22-29(25)26/h9-12,29H,3-8H2,1-2H3,(H2,20,24)(H,22,25,26). The summed E-state index contributed by atoms with van der Waals surface area (Å²) in [7, 11) is 0.566. The summed E-state index contributed by atoms with van der Waals surface area (Å²) in [6, 6.07) is 3.61. The van der Waals surface area contributed by atoms with E-state index in [-0.39, 0.29) is 0 Å². The summed E-state index contributed by atoms with van der Waals surface area (Å²) in [4.78, 5) is 18.6. The van der Waals surface area contributed by atoms with Crippen molar-refractivity contribution in [2.45, 2.75) is 19.3 Å². The highest BCUT2D eigenvalue weighted by Gasteiger charge is 2.25. The quantitative estimate of drug-likeness (QED) is 0.544. The zero-order chi connectivity index (χ0) is 21.0. The van der Waals surface area contributed by atoms with Gasteiger partial charge < -0.3 is 20.1 Å². The Morgan fingerprint density at radius 1 is 1.24 bits per heavy atom. The third-order valence-electron chi connectivity index (χ3n) is 5.33. The number of hydrogen-bond donors (Lipinski definition) is 3. The zero-order valence-corrected chi connectivity index (χ0v) is 17.4. The largest absolute Gasteiger partial charge is 0.493 e. The molecule has 0 unspecified atom stereocenters. The molecule has 0 bridgehead atoms. The van der Waals surface area contributed by atoms with Crippen LogP contribution in [0.3, 0.4) is 0 Å². The first-order valence-electron chi connectivity index (χ1n) is 9.42. The molecule has 0 spiro atoms. The van der Waals surface area contributed by atoms with Crippen LogP contribution in [0.25, 0.3) is 10.9 Å². The van der Waals surface area contributed by atoms with Crippen LogP contribution in [-0.2, 0) is 10.9 Å². The van der Waals surface area contributed by atoms with E-state index in [2.05, 4.69) is 14.6 Å². The third-order valence-corrected chi connectivity index (χ3v) is 5.82. The Balaban J connectivity index is 1.91. The van der Waals surface area contributed by atoms with E-state index >= 15 is 0 Å². The topological polar surface area (TPSA) is 124 Å². The molecule has 1 amide bonds. The molecule has 0 saturated carbocycles. The molecule has 1 saturated heterocycles. The van der Waals surface area contributed by atoms with Gasteiger partial charge in [-0.3, -0.25) is 9.78 Å². The molecule has 0 atom stereocenters. The molecule has 2 heterocycles. The van der Waals surface area contributed by atoms with E-state index in [1.807, 2.05) is 6.07 Å². The number of benzene rings is 1. The maximum absolute atomic E-state index is 12.1. The van der Waals surface area contributed by atoms with Gasteiger partial charge in [-0.1, -0.05) is 0 Å². The van der Waals surface area contributed by atoms with Gasteiger partial charge in [-0.05, 0) is 31.2 Å². The van der Waals surface area contributed by atoms with Crippen molar-refractivity contribution in [2.75, 3.05) is 38.8 Å². The number of fused-ring (bicyclic) bond motifs is 1. The van der Waals surface area contributed by atoms with Crippen molar-refractivity contribution < 1.29 is 22.7 Å². The van der Waals surface area contributed by atoms with E-state index in [0.717, 1.165) is 43.4 Å². The molecule has 1 aliphatic rings. The van der Waals surface area contributed by atoms with Crippen LogP contribution in [0.5, 0.6) is 11.5 Å². The Kier molecular flexibility index (Phi) is 6.75. The van der Waals surface area contributed by atoms with Crippen molar-refractivity contribution in [3.63, 3.8) is 0 Å². The summed E-state index contributed by atoms with van der Waals surface area (Å²) in [5.74, 6) is 1.01. The van der Waals surface area contributed by atoms with Gasteiger partial charge in [0.15, 0.2) is 11.5 Å². The van der Waals surface area contributed by atoms with Gasteiger partial charge in [0.05, 0.1) is 31.0 Å². The SMILES string of the molecule is COc1cc2ncc(C(N)=O)c(N3CCC(CCN[SH](=O)=O)CC3)c2cc1OC. The lowest BCUT2D eigenvalue weighted by atomic mass is 9.92. The Morgan fingerprint density at radius 3 is 2.48 bits per heavy atom. The molecule has 1 aromatic carbocycles. The van der Waals surface area contributed by atoms with Crippen LogP contribution in [0.1, 0.15) is 29.6 Å². The van der Waals surface area contributed by atoms with Crippen LogP contribution < -0.4 is 24.8 Å². The molecule has 0 aliphatic carbocycles. The summed E-state index contributed by atoms with van der Waals surface area (Å²) >= 11 is 0. The van der Waals surface area contributed by atoms with E-state index in [0.29, 0.717) is 35.0 Å². The number of nitrogens with zero attached hydrogens (tertiary/aromatic N) is 2. The number of thiol groups is 1. The minimum absolute atomic E-state index is 0.369. The molecule has 158 valence electrons. The van der Waals surface area contributed by atoms with Gasteiger partial charge in [0, 0.05) is 37.3 Å². The molecule has 1 aliphatic heterocycles. The van der Waals surface area contributed by atoms with E-state index in [1.54, 1.807) is 20.3 Å². The van der Waals surface area contributed by atoms with Gasteiger partial charge in [0.25, 0.3) is 5.91 Å². The number of hydrogen-bond acceptors (Lipinski definition) is 7. The number of primary amides is 1. The van der Waals surface area contributed by atoms with Crippen LogP contribution >= 0.6 is 0 Å². The van der Waals surface area contributed by atoms with Crippen molar-refractivity contribution in [3.8, 4) is 11.5 Å². The number of amides is 1. The predicted octanol–water partition coefficient (Wildman–Crippen LogP) is 1.07. The predicted molar refractivity (Wildman–Crippen MR) is 111 cm³/mol. The van der Waals surface area contributed by atoms with Gasteiger partial charge in [-0.25, -0.2) is 13.1 Å². The van der Waals surface area contributed by atoms with Crippen LogP contribution in [-0.4, -0.2) is 53.2 Å². The molecule has 1 fully saturated rings. The highest BCUT2D eigenvalue weighted by Crippen LogP contribution is 2.38. The van der Waals surface area contributed by atoms with E-state index in [9.17, 15) is 13.2 Å². The highest BCUT2D eigenvalue weighted by atomic mass is 32.2. The van der Waals surface area contributed by atoms with Gasteiger partial charge in [0.1, 0.15) is 0 Å². The zero-order valence-electron chi connectivity index (χ0n) is 16.5. The fourth-order valence-corrected chi connectivity index (χ4v) is 4.14. The number of carbonyl (C=O) groups is 1. The normalized spacial score (nSPS) is 15.1. The Bertz CT molecular complexity index is 963. The van der Waals surface area contributed by atoms with Gasteiger partial charge >= 0.3 is 0 Å². The average Bonchev–Trinajstić information content (AvgIpc) is 2.72. The third kappa shape index (κ3) is 4.70. The second-order valence-electron chi connectivity index (χ2n) is 6.99. The van der Waals surface area contributed by atoms with Crippen molar-refractivity contribution in [2.24, 2.45) is 11.7 Å². The van der Waals surface area contributed by atoms with Crippen LogP contribution in [0.4, 0.5) is 5.69 Å². The molecule has 2 aromatic rings. The monoisotopic (exact) mass is 422 g/mol. The number of pyridine rings is 1. The first-order valence-corrected chi connectivity index (χ1v) is 10.6. The minimum atomic E-state index is -2.55. The summed E-state index contributed by atoms with van der Waals surface area (Å²) in [5, 5.41) is 0.780. The molecular weight excluding hydrogens is 396 g/mol. The first kappa shape index (κ1) is 21.1. The number of nitrogens with one attached hydrogen (secondary N) is 1. The fourth-order valence-electron chi connectivity index (χ4n) is 3.83. The summed E-state index contributed by atoms with van der Waals surface area (Å²) in [5.41, 5.74) is 7.44. The number of ether oxygens (including phenoxy) is 2. The lowest BCUT2D eigenvalue weighted by Crippen LogP contribution is -2.36. The number of piperidine rings is 1. The lowest BCUT2D eigenvalue weighted by Gasteiger charge is -2.35. The fraction of sp³-hybridized carbons (Fsp3) is 0.474. The van der Waals surface area contributed by atoms with Crippen molar-refractivity contribution in [1.82, 2.24) is 9.71 Å². The smallest absolute Gasteiger partial charge is 0.252 e. The molecule has 0 radical (unpaired) electrons. The summed E-state index contributed by atoms with van der Waals surface area (Å²) in [6.07, 6.45) is 4.09. The maximum Gasteiger partial charge on any atom is 0.252 e. The Hall–Kier alpha value is -2.59. The van der Waals surface area contributed by atoms with Crippen molar-refractivity contribution >= 4 is 33.4 Å². The van der Waals surface area contributed by atoms with Crippen molar-refractivity contribution in [1.29, 1.82) is 0 Å². The maximum atomic E-state index is 12.1. The van der Waals surface area contributed by atoms with E-state index < -0.39 is 16.8 Å². The van der Waals surface area contributed by atoms with Crippen LogP contribution in [0, 0.1) is 5.92 Å². The number of anilines is 1. The van der Waals surface area contributed by atoms with E-state index in [1.165, 1.54) is 6.20 Å². The summed E-state index contributed by atoms with van der Waals surface area (Å²) in [6.45, 7) is 1.93.